The van der Waals surface area contributed by atoms with Crippen LogP contribution in [0.2, 0.25) is 5.02 Å². The lowest BCUT2D eigenvalue weighted by molar-refractivity contribution is -0.385. The molecule has 0 amide bonds. The molecule has 0 aliphatic carbocycles. The normalized spacial score (nSPS) is 10.4. The third-order valence-electron chi connectivity index (χ3n) is 2.80. The number of nitro benzene ring substituents is 1. The SMILES string of the molecule is Cc1c(Sc2cccc(Cl)c2)cc(C(=O)O)cc1[N+](=O)[O-]. The monoisotopic (exact) mass is 323 g/mol. The Morgan fingerprint density at radius 3 is 2.62 bits per heavy atom. The summed E-state index contributed by atoms with van der Waals surface area (Å²) in [7, 11) is 0. The van der Waals surface area contributed by atoms with Crippen molar-refractivity contribution in [3.63, 3.8) is 0 Å². The molecule has 0 aliphatic heterocycles. The molecule has 7 heteroatoms. The lowest BCUT2D eigenvalue weighted by Gasteiger charge is -2.08. The zero-order valence-corrected chi connectivity index (χ0v) is 12.4. The van der Waals surface area contributed by atoms with Crippen LogP contribution in [0.4, 0.5) is 5.69 Å². The first-order chi connectivity index (χ1) is 9.88. The van der Waals surface area contributed by atoms with Crippen LogP contribution in [0.25, 0.3) is 0 Å². The molecule has 21 heavy (non-hydrogen) atoms. The van der Waals surface area contributed by atoms with Crippen LogP contribution in [-0.4, -0.2) is 16.0 Å². The molecule has 1 N–H and O–H groups in total. The molecule has 0 radical (unpaired) electrons. The highest BCUT2D eigenvalue weighted by Crippen LogP contribution is 2.36. The maximum absolute atomic E-state index is 11.1. The third-order valence-corrected chi connectivity index (χ3v) is 4.17. The smallest absolute Gasteiger partial charge is 0.335 e. The van der Waals surface area contributed by atoms with Crippen molar-refractivity contribution in [3.05, 3.63) is 62.7 Å². The number of hydrogen-bond acceptors (Lipinski definition) is 4. The highest BCUT2D eigenvalue weighted by Gasteiger charge is 2.19. The molecule has 108 valence electrons. The van der Waals surface area contributed by atoms with Crippen LogP contribution >= 0.6 is 23.4 Å². The quantitative estimate of drug-likeness (QED) is 0.666. The molecule has 0 atom stereocenters. The highest BCUT2D eigenvalue weighted by atomic mass is 35.5. The summed E-state index contributed by atoms with van der Waals surface area (Å²) < 4.78 is 0. The van der Waals surface area contributed by atoms with E-state index in [1.807, 2.05) is 0 Å². The number of carboxylic acids is 1. The van der Waals surface area contributed by atoms with Gasteiger partial charge in [-0.25, -0.2) is 4.79 Å². The summed E-state index contributed by atoms with van der Waals surface area (Å²) >= 11 is 7.14. The standard InChI is InChI=1S/C14H10ClNO4S/c1-8-12(16(19)20)5-9(14(17)18)6-13(8)21-11-4-2-3-10(15)7-11/h2-7H,1H3,(H,17,18). The van der Waals surface area contributed by atoms with Crippen LogP contribution in [-0.2, 0) is 0 Å². The molecule has 2 rings (SSSR count). The zero-order valence-electron chi connectivity index (χ0n) is 10.9. The minimum Gasteiger partial charge on any atom is -0.478 e. The van der Waals surface area contributed by atoms with Crippen LogP contribution in [0, 0.1) is 17.0 Å². The Labute approximate surface area is 129 Å². The van der Waals surface area contributed by atoms with E-state index < -0.39 is 10.9 Å². The number of nitrogens with zero attached hydrogens (tertiary/aromatic N) is 1. The predicted molar refractivity (Wildman–Crippen MR) is 80.4 cm³/mol. The van der Waals surface area contributed by atoms with Crippen LogP contribution in [0.1, 0.15) is 15.9 Å². The Morgan fingerprint density at radius 2 is 2.05 bits per heavy atom. The van der Waals surface area contributed by atoms with Crippen molar-refractivity contribution in [2.24, 2.45) is 0 Å². The summed E-state index contributed by atoms with van der Waals surface area (Å²) in [6, 6.07) is 9.49. The van der Waals surface area contributed by atoms with Crippen molar-refractivity contribution in [1.29, 1.82) is 0 Å². The largest absolute Gasteiger partial charge is 0.478 e. The molecule has 0 aliphatic rings. The van der Waals surface area contributed by atoms with Crippen LogP contribution < -0.4 is 0 Å². The molecule has 0 spiro atoms. The lowest BCUT2D eigenvalue weighted by atomic mass is 10.1. The van der Waals surface area contributed by atoms with E-state index in [0.717, 1.165) is 11.0 Å². The molecule has 0 saturated carbocycles. The fourth-order valence-electron chi connectivity index (χ4n) is 1.75. The van der Waals surface area contributed by atoms with Gasteiger partial charge in [-0.05, 0) is 31.2 Å². The first-order valence-electron chi connectivity index (χ1n) is 5.84. The maximum atomic E-state index is 11.1. The summed E-state index contributed by atoms with van der Waals surface area (Å²) in [5.41, 5.74) is 0.103. The van der Waals surface area contributed by atoms with Gasteiger partial charge in [0.1, 0.15) is 0 Å². The van der Waals surface area contributed by atoms with Crippen molar-refractivity contribution in [3.8, 4) is 0 Å². The first kappa shape index (κ1) is 15.3. The van der Waals surface area contributed by atoms with Gasteiger partial charge in [0.25, 0.3) is 5.69 Å². The molecule has 2 aromatic rings. The number of nitro groups is 1. The molecule has 2 aromatic carbocycles. The van der Waals surface area contributed by atoms with E-state index in [9.17, 15) is 14.9 Å². The van der Waals surface area contributed by atoms with E-state index >= 15 is 0 Å². The number of halogens is 1. The van der Waals surface area contributed by atoms with Crippen molar-refractivity contribution >= 4 is 35.0 Å². The molecule has 0 bridgehead atoms. The van der Waals surface area contributed by atoms with E-state index in [2.05, 4.69) is 0 Å². The van der Waals surface area contributed by atoms with Crippen molar-refractivity contribution in [2.75, 3.05) is 0 Å². The second kappa shape index (κ2) is 6.15. The van der Waals surface area contributed by atoms with Gasteiger partial charge in [0.2, 0.25) is 0 Å². The predicted octanol–water partition coefficient (Wildman–Crippen LogP) is 4.41. The summed E-state index contributed by atoms with van der Waals surface area (Å²) in [4.78, 5) is 22.8. The summed E-state index contributed by atoms with van der Waals surface area (Å²) in [6.07, 6.45) is 0. The van der Waals surface area contributed by atoms with Crippen molar-refractivity contribution in [2.45, 2.75) is 16.7 Å². The molecular formula is C14H10ClNO4S. The van der Waals surface area contributed by atoms with Gasteiger partial charge in [-0.3, -0.25) is 10.1 Å². The first-order valence-corrected chi connectivity index (χ1v) is 7.03. The van der Waals surface area contributed by atoms with Gasteiger partial charge in [0, 0.05) is 26.4 Å². The van der Waals surface area contributed by atoms with Crippen molar-refractivity contribution < 1.29 is 14.8 Å². The maximum Gasteiger partial charge on any atom is 0.335 e. The molecule has 0 heterocycles. The summed E-state index contributed by atoms with van der Waals surface area (Å²) in [5, 5.41) is 20.6. The molecular weight excluding hydrogens is 314 g/mol. The van der Waals surface area contributed by atoms with Crippen LogP contribution in [0.5, 0.6) is 0 Å². The number of carboxylic acid groups (broad SMARTS) is 1. The highest BCUT2D eigenvalue weighted by molar-refractivity contribution is 7.99. The molecule has 0 aromatic heterocycles. The summed E-state index contributed by atoms with van der Waals surface area (Å²) in [6.45, 7) is 1.59. The van der Waals surface area contributed by atoms with Crippen LogP contribution in [0.15, 0.2) is 46.2 Å². The summed E-state index contributed by atoms with van der Waals surface area (Å²) in [5.74, 6) is -1.20. The third kappa shape index (κ3) is 3.53. The Balaban J connectivity index is 2.51. The minimum absolute atomic E-state index is 0.114. The fraction of sp³-hybridized carbons (Fsp3) is 0.0714. The zero-order chi connectivity index (χ0) is 15.6. The number of hydrogen-bond donors (Lipinski definition) is 1. The second-order valence-electron chi connectivity index (χ2n) is 4.24. The van der Waals surface area contributed by atoms with E-state index in [4.69, 9.17) is 16.7 Å². The van der Waals surface area contributed by atoms with Crippen molar-refractivity contribution in [1.82, 2.24) is 0 Å². The minimum atomic E-state index is -1.20. The van der Waals surface area contributed by atoms with E-state index in [1.54, 1.807) is 31.2 Å². The Kier molecular flexibility index (Phi) is 4.50. The molecule has 0 unspecified atom stereocenters. The lowest BCUT2D eigenvalue weighted by Crippen LogP contribution is -2.01. The Morgan fingerprint density at radius 1 is 1.33 bits per heavy atom. The van der Waals surface area contributed by atoms with Gasteiger partial charge >= 0.3 is 5.97 Å². The average Bonchev–Trinajstić information content (AvgIpc) is 2.40. The van der Waals surface area contributed by atoms with Gasteiger partial charge in [-0.15, -0.1) is 0 Å². The number of rotatable bonds is 4. The van der Waals surface area contributed by atoms with Crippen LogP contribution in [0.3, 0.4) is 0 Å². The number of carbonyl (C=O) groups is 1. The van der Waals surface area contributed by atoms with E-state index in [0.29, 0.717) is 15.5 Å². The molecule has 0 saturated heterocycles. The van der Waals surface area contributed by atoms with Gasteiger partial charge in [-0.2, -0.15) is 0 Å². The van der Waals surface area contributed by atoms with Gasteiger partial charge in [-0.1, -0.05) is 29.4 Å². The number of benzene rings is 2. The van der Waals surface area contributed by atoms with Gasteiger partial charge in [0.15, 0.2) is 0 Å². The fourth-order valence-corrected chi connectivity index (χ4v) is 3.03. The van der Waals surface area contributed by atoms with E-state index in [-0.39, 0.29) is 11.3 Å². The Hall–Kier alpha value is -2.05. The topological polar surface area (TPSA) is 80.4 Å². The van der Waals surface area contributed by atoms with Gasteiger partial charge < -0.3 is 5.11 Å². The number of aromatic carboxylic acids is 1. The average molecular weight is 324 g/mol. The second-order valence-corrected chi connectivity index (χ2v) is 5.79. The van der Waals surface area contributed by atoms with E-state index in [1.165, 1.54) is 17.8 Å². The molecule has 5 nitrogen and oxygen atoms in total. The van der Waals surface area contributed by atoms with Gasteiger partial charge in [0.05, 0.1) is 10.5 Å². The Bertz CT molecular complexity index is 733. The molecule has 0 fully saturated rings.